The summed E-state index contributed by atoms with van der Waals surface area (Å²) in [6.07, 6.45) is 0.323. The zero-order valence-corrected chi connectivity index (χ0v) is 8.85. The first-order chi connectivity index (χ1) is 6.93. The van der Waals surface area contributed by atoms with E-state index < -0.39 is 33.4 Å². The van der Waals surface area contributed by atoms with E-state index in [0.29, 0.717) is 12.8 Å². The average molecular weight is 235 g/mol. The Morgan fingerprint density at radius 2 is 1.93 bits per heavy atom. The van der Waals surface area contributed by atoms with Gasteiger partial charge in [0.15, 0.2) is 0 Å². The smallest absolute Gasteiger partial charge is 0.322 e. The Kier molecular flexibility index (Phi) is 2.48. The molecule has 15 heavy (non-hydrogen) atoms. The maximum Gasteiger partial charge on any atom is 0.322 e. The van der Waals surface area contributed by atoms with Crippen LogP contribution in [0.3, 0.4) is 0 Å². The molecule has 2 aliphatic rings. The van der Waals surface area contributed by atoms with Gasteiger partial charge < -0.3 is 10.2 Å². The fraction of sp³-hybridized carbons (Fsp3) is 0.875. The maximum absolute atomic E-state index is 11.8. The Labute approximate surface area is 87.6 Å². The third kappa shape index (κ3) is 1.86. The van der Waals surface area contributed by atoms with Crippen LogP contribution < -0.4 is 0 Å². The van der Waals surface area contributed by atoms with E-state index in [1.165, 1.54) is 0 Å². The Hall–Kier alpha value is -0.660. The summed E-state index contributed by atoms with van der Waals surface area (Å²) in [5.74, 6) is -1.18. The van der Waals surface area contributed by atoms with Crippen LogP contribution in [0.15, 0.2) is 0 Å². The van der Waals surface area contributed by atoms with E-state index in [4.69, 9.17) is 5.11 Å². The largest absolute Gasteiger partial charge is 0.480 e. The quantitative estimate of drug-likeness (QED) is 0.654. The molecule has 0 aromatic heterocycles. The fourth-order valence-electron chi connectivity index (χ4n) is 1.85. The van der Waals surface area contributed by atoms with Gasteiger partial charge in [-0.1, -0.05) is 0 Å². The number of nitrogens with zero attached hydrogens (tertiary/aromatic N) is 1. The molecule has 0 aromatic carbocycles. The number of rotatable bonds is 3. The molecule has 1 aliphatic heterocycles. The van der Waals surface area contributed by atoms with E-state index >= 15 is 0 Å². The number of β-amino-alcohol motifs (C(OH)–C–C–N with tert-alkyl or cyclic N) is 1. The van der Waals surface area contributed by atoms with Crippen molar-refractivity contribution < 1.29 is 23.4 Å². The molecule has 1 heterocycles. The lowest BCUT2D eigenvalue weighted by molar-refractivity contribution is -0.140. The molecule has 7 heteroatoms. The van der Waals surface area contributed by atoms with Crippen molar-refractivity contribution >= 4 is 16.0 Å². The van der Waals surface area contributed by atoms with Crippen molar-refractivity contribution in [3.05, 3.63) is 0 Å². The minimum Gasteiger partial charge on any atom is -0.480 e. The first-order valence-corrected chi connectivity index (χ1v) is 6.35. The minimum atomic E-state index is -3.50. The number of sulfonamides is 1. The van der Waals surface area contributed by atoms with Gasteiger partial charge in [-0.3, -0.25) is 4.79 Å². The molecule has 1 aliphatic carbocycles. The van der Waals surface area contributed by atoms with Crippen LogP contribution in [0.4, 0.5) is 0 Å². The van der Waals surface area contributed by atoms with Crippen LogP contribution >= 0.6 is 0 Å². The molecule has 0 bridgehead atoms. The van der Waals surface area contributed by atoms with Gasteiger partial charge in [0.05, 0.1) is 11.4 Å². The summed E-state index contributed by atoms with van der Waals surface area (Å²) in [6.45, 7) is -0.0875. The van der Waals surface area contributed by atoms with E-state index in [1.54, 1.807) is 0 Å². The number of aliphatic hydroxyl groups is 1. The van der Waals surface area contributed by atoms with Gasteiger partial charge >= 0.3 is 5.97 Å². The monoisotopic (exact) mass is 235 g/mol. The van der Waals surface area contributed by atoms with Gasteiger partial charge in [-0.2, -0.15) is 4.31 Å². The summed E-state index contributed by atoms with van der Waals surface area (Å²) in [6, 6.07) is -1.09. The van der Waals surface area contributed by atoms with Crippen molar-refractivity contribution in [2.24, 2.45) is 0 Å². The van der Waals surface area contributed by atoms with Crippen molar-refractivity contribution in [1.82, 2.24) is 4.31 Å². The van der Waals surface area contributed by atoms with Crippen LogP contribution in [0.5, 0.6) is 0 Å². The lowest BCUT2D eigenvalue weighted by atomic mass is 10.2. The van der Waals surface area contributed by atoms with Crippen molar-refractivity contribution in [3.8, 4) is 0 Å². The Morgan fingerprint density at radius 1 is 1.33 bits per heavy atom. The molecule has 1 saturated heterocycles. The number of hydrogen-bond donors (Lipinski definition) is 2. The summed E-state index contributed by atoms with van der Waals surface area (Å²) < 4.78 is 24.6. The highest BCUT2D eigenvalue weighted by atomic mass is 32.2. The average Bonchev–Trinajstić information content (AvgIpc) is 2.89. The number of carboxylic acid groups (broad SMARTS) is 1. The fourth-order valence-corrected chi connectivity index (χ4v) is 3.87. The van der Waals surface area contributed by atoms with Gasteiger partial charge in [-0.15, -0.1) is 0 Å². The molecule has 0 amide bonds. The lowest BCUT2D eigenvalue weighted by Crippen LogP contribution is -2.42. The lowest BCUT2D eigenvalue weighted by Gasteiger charge is -2.20. The Bertz CT molecular complexity index is 374. The van der Waals surface area contributed by atoms with Crippen LogP contribution in [0, 0.1) is 0 Å². The molecule has 2 atom stereocenters. The molecule has 2 rings (SSSR count). The van der Waals surface area contributed by atoms with E-state index in [2.05, 4.69) is 0 Å². The SMILES string of the molecule is O=C(O)[C@@H]1C[C@H](O)CN1S(=O)(=O)C1CC1. The summed E-state index contributed by atoms with van der Waals surface area (Å²) in [7, 11) is -3.50. The highest BCUT2D eigenvalue weighted by molar-refractivity contribution is 7.90. The van der Waals surface area contributed by atoms with E-state index in [9.17, 15) is 18.3 Å². The van der Waals surface area contributed by atoms with Crippen LogP contribution in [0.2, 0.25) is 0 Å². The molecule has 0 spiro atoms. The molecule has 6 nitrogen and oxygen atoms in total. The van der Waals surface area contributed by atoms with Crippen LogP contribution in [-0.2, 0) is 14.8 Å². The zero-order valence-electron chi connectivity index (χ0n) is 8.04. The molecule has 2 fully saturated rings. The summed E-state index contributed by atoms with van der Waals surface area (Å²) in [5, 5.41) is 17.7. The third-order valence-electron chi connectivity index (χ3n) is 2.79. The molecule has 0 radical (unpaired) electrons. The highest BCUT2D eigenvalue weighted by Gasteiger charge is 2.48. The van der Waals surface area contributed by atoms with E-state index in [1.807, 2.05) is 0 Å². The third-order valence-corrected chi connectivity index (χ3v) is 5.16. The first-order valence-electron chi connectivity index (χ1n) is 4.84. The molecular weight excluding hydrogens is 222 g/mol. The Balaban J connectivity index is 2.23. The zero-order chi connectivity index (χ0) is 11.2. The second-order valence-electron chi connectivity index (χ2n) is 4.06. The minimum absolute atomic E-state index is 0.0126. The van der Waals surface area contributed by atoms with Gasteiger partial charge in [0, 0.05) is 13.0 Å². The van der Waals surface area contributed by atoms with E-state index in [-0.39, 0.29) is 13.0 Å². The molecular formula is C8H13NO5S. The summed E-state index contributed by atoms with van der Waals surface area (Å²) in [5.41, 5.74) is 0. The van der Waals surface area contributed by atoms with Crippen LogP contribution in [0.25, 0.3) is 0 Å². The summed E-state index contributed by atoms with van der Waals surface area (Å²) >= 11 is 0. The van der Waals surface area contributed by atoms with Gasteiger partial charge in [0.2, 0.25) is 10.0 Å². The normalized spacial score (nSPS) is 33.1. The van der Waals surface area contributed by atoms with Crippen molar-refractivity contribution in [1.29, 1.82) is 0 Å². The number of aliphatic carboxylic acids is 1. The predicted octanol–water partition coefficient (Wildman–Crippen LogP) is -1.00. The van der Waals surface area contributed by atoms with Crippen molar-refractivity contribution in [3.63, 3.8) is 0 Å². The maximum atomic E-state index is 11.8. The molecule has 86 valence electrons. The van der Waals surface area contributed by atoms with Gasteiger partial charge in [-0.05, 0) is 12.8 Å². The van der Waals surface area contributed by atoms with E-state index in [0.717, 1.165) is 4.31 Å². The van der Waals surface area contributed by atoms with Crippen molar-refractivity contribution in [2.75, 3.05) is 6.54 Å². The number of hydrogen-bond acceptors (Lipinski definition) is 4. The number of aliphatic hydroxyl groups excluding tert-OH is 1. The molecule has 2 N–H and O–H groups in total. The predicted molar refractivity (Wildman–Crippen MR) is 50.7 cm³/mol. The van der Waals surface area contributed by atoms with Crippen LogP contribution in [0.1, 0.15) is 19.3 Å². The number of carbonyl (C=O) groups is 1. The van der Waals surface area contributed by atoms with Gasteiger partial charge in [0.1, 0.15) is 6.04 Å². The number of carboxylic acids is 1. The second kappa shape index (κ2) is 3.43. The molecule has 0 unspecified atom stereocenters. The molecule has 1 saturated carbocycles. The molecule has 0 aromatic rings. The first kappa shape index (κ1) is 10.8. The summed E-state index contributed by atoms with van der Waals surface area (Å²) in [4.78, 5) is 10.8. The highest BCUT2D eigenvalue weighted by Crippen LogP contribution is 2.34. The van der Waals surface area contributed by atoms with Crippen molar-refractivity contribution in [2.45, 2.75) is 36.7 Å². The van der Waals surface area contributed by atoms with Gasteiger partial charge in [-0.25, -0.2) is 8.42 Å². The van der Waals surface area contributed by atoms with Crippen LogP contribution in [-0.4, -0.2) is 52.8 Å². The Morgan fingerprint density at radius 3 is 2.40 bits per heavy atom. The second-order valence-corrected chi connectivity index (χ2v) is 6.22. The van der Waals surface area contributed by atoms with Gasteiger partial charge in [0.25, 0.3) is 0 Å². The standard InChI is InChI=1S/C8H13NO5S/c10-5-3-7(8(11)12)9(4-5)15(13,14)6-1-2-6/h5-7,10H,1-4H2,(H,11,12)/t5-,7-/m0/s1. The topological polar surface area (TPSA) is 94.9 Å².